The van der Waals surface area contributed by atoms with Gasteiger partial charge in [-0.1, -0.05) is 6.42 Å². The fourth-order valence-corrected chi connectivity index (χ4v) is 4.68. The van der Waals surface area contributed by atoms with Crippen LogP contribution < -0.4 is 5.32 Å². The van der Waals surface area contributed by atoms with Gasteiger partial charge in [-0.05, 0) is 44.9 Å². The van der Waals surface area contributed by atoms with Crippen LogP contribution in [0.3, 0.4) is 0 Å². The third kappa shape index (κ3) is 1.52. The summed E-state index contributed by atoms with van der Waals surface area (Å²) >= 11 is 1.83. The van der Waals surface area contributed by atoms with Crippen molar-refractivity contribution in [3.05, 3.63) is 16.6 Å². The number of aromatic nitrogens is 1. The molecular weight excluding hydrogens is 216 g/mol. The van der Waals surface area contributed by atoms with Gasteiger partial charge in [0, 0.05) is 17.6 Å². The molecule has 88 valence electrons. The molecule has 0 aromatic carbocycles. The Morgan fingerprint density at radius 1 is 1.50 bits per heavy atom. The fraction of sp³-hybridized carbons (Fsp3) is 0.769. The van der Waals surface area contributed by atoms with E-state index in [4.69, 9.17) is 0 Å². The molecule has 1 heterocycles. The molecule has 2 fully saturated rings. The minimum absolute atomic E-state index is 0.214. The first kappa shape index (κ1) is 10.7. The van der Waals surface area contributed by atoms with Crippen LogP contribution in [0.4, 0.5) is 0 Å². The van der Waals surface area contributed by atoms with E-state index < -0.39 is 0 Å². The number of fused-ring (bicyclic) bond motifs is 2. The lowest BCUT2D eigenvalue weighted by Gasteiger charge is -2.38. The van der Waals surface area contributed by atoms with Gasteiger partial charge in [-0.15, -0.1) is 11.3 Å². The lowest BCUT2D eigenvalue weighted by molar-refractivity contribution is 0.194. The highest BCUT2D eigenvalue weighted by Gasteiger charge is 2.53. The second-order valence-corrected chi connectivity index (χ2v) is 6.58. The molecule has 2 aliphatic carbocycles. The van der Waals surface area contributed by atoms with Crippen molar-refractivity contribution in [3.8, 4) is 0 Å². The largest absolute Gasteiger partial charge is 0.303 e. The van der Waals surface area contributed by atoms with Gasteiger partial charge in [0.25, 0.3) is 0 Å². The SMILES string of the molecule is CC(C)NC1(c2nccs2)CC2CCC1C2. The molecule has 2 saturated carbocycles. The van der Waals surface area contributed by atoms with Crippen LogP contribution in [-0.2, 0) is 5.54 Å². The fourth-order valence-electron chi connectivity index (χ4n) is 3.79. The van der Waals surface area contributed by atoms with Crippen molar-refractivity contribution in [3.63, 3.8) is 0 Å². The van der Waals surface area contributed by atoms with Gasteiger partial charge in [-0.2, -0.15) is 0 Å². The van der Waals surface area contributed by atoms with Gasteiger partial charge >= 0.3 is 0 Å². The molecule has 3 rings (SSSR count). The summed E-state index contributed by atoms with van der Waals surface area (Å²) in [5.41, 5.74) is 0.214. The molecule has 3 unspecified atom stereocenters. The van der Waals surface area contributed by atoms with Crippen molar-refractivity contribution in [2.75, 3.05) is 0 Å². The van der Waals surface area contributed by atoms with E-state index in [2.05, 4.69) is 29.5 Å². The van der Waals surface area contributed by atoms with Gasteiger partial charge in [0.15, 0.2) is 0 Å². The van der Waals surface area contributed by atoms with Gasteiger partial charge in [-0.3, -0.25) is 0 Å². The lowest BCUT2D eigenvalue weighted by Crippen LogP contribution is -2.49. The molecule has 1 N–H and O–H groups in total. The van der Waals surface area contributed by atoms with Crippen molar-refractivity contribution < 1.29 is 0 Å². The standard InChI is InChI=1S/C13H20N2S/c1-9(2)15-13(12-14-5-6-16-12)8-10-3-4-11(13)7-10/h5-6,9-11,15H,3-4,7-8H2,1-2H3. The Kier molecular flexibility index (Phi) is 2.55. The summed E-state index contributed by atoms with van der Waals surface area (Å²) < 4.78 is 0. The van der Waals surface area contributed by atoms with Crippen LogP contribution in [0.2, 0.25) is 0 Å². The summed E-state index contributed by atoms with van der Waals surface area (Å²) in [5.74, 6) is 1.77. The molecule has 0 saturated heterocycles. The van der Waals surface area contributed by atoms with E-state index >= 15 is 0 Å². The first-order chi connectivity index (χ1) is 7.71. The number of thiazole rings is 1. The van der Waals surface area contributed by atoms with Crippen LogP contribution in [0.5, 0.6) is 0 Å². The molecule has 16 heavy (non-hydrogen) atoms. The zero-order chi connectivity index (χ0) is 11.2. The summed E-state index contributed by atoms with van der Waals surface area (Å²) in [6.45, 7) is 4.50. The van der Waals surface area contributed by atoms with E-state index in [0.717, 1.165) is 11.8 Å². The molecule has 0 amide bonds. The lowest BCUT2D eigenvalue weighted by atomic mass is 9.81. The van der Waals surface area contributed by atoms with E-state index in [0.29, 0.717) is 6.04 Å². The topological polar surface area (TPSA) is 24.9 Å². The number of hydrogen-bond donors (Lipinski definition) is 1. The minimum atomic E-state index is 0.214. The third-order valence-electron chi connectivity index (χ3n) is 4.21. The predicted molar refractivity (Wildman–Crippen MR) is 67.5 cm³/mol. The summed E-state index contributed by atoms with van der Waals surface area (Å²) in [4.78, 5) is 4.60. The molecular formula is C13H20N2S. The first-order valence-corrected chi connectivity index (χ1v) is 7.26. The monoisotopic (exact) mass is 236 g/mol. The smallest absolute Gasteiger partial charge is 0.113 e. The van der Waals surface area contributed by atoms with E-state index in [1.54, 1.807) is 0 Å². The van der Waals surface area contributed by atoms with Gasteiger partial charge in [-0.25, -0.2) is 4.98 Å². The Labute approximate surface area is 101 Å². The normalized spacial score (nSPS) is 37.4. The maximum Gasteiger partial charge on any atom is 0.113 e. The quantitative estimate of drug-likeness (QED) is 0.872. The Morgan fingerprint density at radius 2 is 2.38 bits per heavy atom. The number of hydrogen-bond acceptors (Lipinski definition) is 3. The van der Waals surface area contributed by atoms with Gasteiger partial charge in [0.2, 0.25) is 0 Å². The first-order valence-electron chi connectivity index (χ1n) is 6.38. The summed E-state index contributed by atoms with van der Waals surface area (Å²) in [5, 5.41) is 7.28. The van der Waals surface area contributed by atoms with E-state index in [1.807, 2.05) is 17.5 Å². The number of nitrogens with one attached hydrogen (secondary N) is 1. The van der Waals surface area contributed by atoms with E-state index in [9.17, 15) is 0 Å². The maximum absolute atomic E-state index is 4.60. The Bertz CT molecular complexity index is 360. The second kappa shape index (κ2) is 3.81. The zero-order valence-corrected chi connectivity index (χ0v) is 10.9. The highest BCUT2D eigenvalue weighted by atomic mass is 32.1. The minimum Gasteiger partial charge on any atom is -0.303 e. The van der Waals surface area contributed by atoms with Crippen molar-refractivity contribution in [1.29, 1.82) is 0 Å². The molecule has 0 spiro atoms. The Hall–Kier alpha value is -0.410. The van der Waals surface area contributed by atoms with Gasteiger partial charge in [0.05, 0.1) is 5.54 Å². The van der Waals surface area contributed by atoms with Crippen molar-refractivity contribution >= 4 is 11.3 Å². The van der Waals surface area contributed by atoms with Crippen LogP contribution in [-0.4, -0.2) is 11.0 Å². The average molecular weight is 236 g/mol. The number of rotatable bonds is 3. The average Bonchev–Trinajstić information content (AvgIpc) is 2.93. The third-order valence-corrected chi connectivity index (χ3v) is 5.16. The van der Waals surface area contributed by atoms with Crippen LogP contribution in [0.1, 0.15) is 44.5 Å². The van der Waals surface area contributed by atoms with Crippen LogP contribution in [0.15, 0.2) is 11.6 Å². The molecule has 1 aromatic rings. The second-order valence-electron chi connectivity index (χ2n) is 5.69. The zero-order valence-electron chi connectivity index (χ0n) is 10.1. The van der Waals surface area contributed by atoms with Crippen LogP contribution >= 0.6 is 11.3 Å². The number of nitrogens with zero attached hydrogens (tertiary/aromatic N) is 1. The van der Waals surface area contributed by atoms with Gasteiger partial charge < -0.3 is 5.32 Å². The summed E-state index contributed by atoms with van der Waals surface area (Å²) in [7, 11) is 0. The van der Waals surface area contributed by atoms with Gasteiger partial charge in [0.1, 0.15) is 5.01 Å². The van der Waals surface area contributed by atoms with Crippen LogP contribution in [0.25, 0.3) is 0 Å². The maximum atomic E-state index is 4.60. The molecule has 3 heteroatoms. The predicted octanol–water partition coefficient (Wildman–Crippen LogP) is 3.16. The van der Waals surface area contributed by atoms with Crippen LogP contribution in [0, 0.1) is 11.8 Å². The van der Waals surface area contributed by atoms with Crippen molar-refractivity contribution in [2.45, 2.75) is 51.1 Å². The molecule has 2 bridgehead atoms. The highest BCUT2D eigenvalue weighted by molar-refractivity contribution is 7.09. The molecule has 0 aliphatic heterocycles. The summed E-state index contributed by atoms with van der Waals surface area (Å²) in [6.07, 6.45) is 7.51. The highest BCUT2D eigenvalue weighted by Crippen LogP contribution is 2.55. The molecule has 1 aromatic heterocycles. The molecule has 2 aliphatic rings. The van der Waals surface area contributed by atoms with E-state index in [-0.39, 0.29) is 5.54 Å². The Balaban J connectivity index is 1.96. The molecule has 2 nitrogen and oxygen atoms in total. The Morgan fingerprint density at radius 3 is 2.88 bits per heavy atom. The molecule has 3 atom stereocenters. The van der Waals surface area contributed by atoms with Crippen molar-refractivity contribution in [1.82, 2.24) is 10.3 Å². The summed E-state index contributed by atoms with van der Waals surface area (Å²) in [6, 6.07) is 0.545. The molecule has 0 radical (unpaired) electrons. The van der Waals surface area contributed by atoms with Crippen molar-refractivity contribution in [2.24, 2.45) is 11.8 Å². The van der Waals surface area contributed by atoms with E-state index in [1.165, 1.54) is 30.7 Å².